The van der Waals surface area contributed by atoms with Gasteiger partial charge in [0.05, 0.1) is 0 Å². The number of benzene rings is 1. The number of nitrogens with zero attached hydrogens (tertiary/aromatic N) is 2. The highest BCUT2D eigenvalue weighted by Gasteiger charge is 2.24. The monoisotopic (exact) mass is 275 g/mol. The number of nitrogens with two attached hydrogens (primary N) is 1. The molecule has 2 unspecified atom stereocenters. The van der Waals surface area contributed by atoms with E-state index in [-0.39, 0.29) is 5.84 Å². The highest BCUT2D eigenvalue weighted by atomic mass is 16.4. The third-order valence-corrected chi connectivity index (χ3v) is 4.37. The normalized spacial score (nSPS) is 23.6. The van der Waals surface area contributed by atoms with Crippen molar-refractivity contribution in [2.45, 2.75) is 45.6 Å². The summed E-state index contributed by atoms with van der Waals surface area (Å²) < 4.78 is 0. The second-order valence-corrected chi connectivity index (χ2v) is 6.04. The van der Waals surface area contributed by atoms with E-state index in [1.165, 1.54) is 31.2 Å². The van der Waals surface area contributed by atoms with Crippen LogP contribution in [0.3, 0.4) is 0 Å². The van der Waals surface area contributed by atoms with Crippen molar-refractivity contribution in [3.8, 4) is 0 Å². The summed E-state index contributed by atoms with van der Waals surface area (Å²) in [6.45, 7) is 4.39. The molecule has 1 aliphatic rings. The van der Waals surface area contributed by atoms with Crippen LogP contribution < -0.4 is 10.6 Å². The molecule has 4 nitrogen and oxygen atoms in total. The molecule has 2 rings (SSSR count). The first-order valence-electron chi connectivity index (χ1n) is 7.34. The molecule has 0 aliphatic heterocycles. The minimum atomic E-state index is 0.177. The van der Waals surface area contributed by atoms with Crippen molar-refractivity contribution >= 4 is 11.5 Å². The van der Waals surface area contributed by atoms with Gasteiger partial charge >= 0.3 is 0 Å². The molecule has 1 aromatic carbocycles. The molecule has 110 valence electrons. The number of amidine groups is 1. The Kier molecular flexibility index (Phi) is 4.53. The molecule has 0 bridgehead atoms. The molecule has 4 heteroatoms. The Bertz CT molecular complexity index is 498. The van der Waals surface area contributed by atoms with E-state index in [2.05, 4.69) is 37.0 Å². The van der Waals surface area contributed by atoms with Crippen molar-refractivity contribution in [2.75, 3.05) is 11.9 Å². The van der Waals surface area contributed by atoms with Crippen LogP contribution in [0, 0.1) is 12.8 Å². The number of oxime groups is 1. The zero-order valence-corrected chi connectivity index (χ0v) is 12.6. The molecular formula is C16H25N3O. The van der Waals surface area contributed by atoms with E-state index in [0.717, 1.165) is 17.2 Å². The highest BCUT2D eigenvalue weighted by Crippen LogP contribution is 2.31. The van der Waals surface area contributed by atoms with E-state index in [0.29, 0.717) is 6.04 Å². The van der Waals surface area contributed by atoms with E-state index in [4.69, 9.17) is 10.9 Å². The Morgan fingerprint density at radius 2 is 2.15 bits per heavy atom. The van der Waals surface area contributed by atoms with Gasteiger partial charge in [-0.05, 0) is 43.4 Å². The van der Waals surface area contributed by atoms with Crippen LogP contribution in [0.1, 0.15) is 43.7 Å². The van der Waals surface area contributed by atoms with Crippen LogP contribution in [0.2, 0.25) is 0 Å². The van der Waals surface area contributed by atoms with Gasteiger partial charge < -0.3 is 15.8 Å². The summed E-state index contributed by atoms with van der Waals surface area (Å²) in [6.07, 6.45) is 5.02. The minimum absolute atomic E-state index is 0.177. The topological polar surface area (TPSA) is 61.9 Å². The lowest BCUT2D eigenvalue weighted by molar-refractivity contribution is 0.318. The lowest BCUT2D eigenvalue weighted by Gasteiger charge is -2.36. The van der Waals surface area contributed by atoms with Gasteiger partial charge in [-0.25, -0.2) is 0 Å². The molecule has 1 aliphatic carbocycles. The molecule has 3 N–H and O–H groups in total. The van der Waals surface area contributed by atoms with E-state index >= 15 is 0 Å². The van der Waals surface area contributed by atoms with Gasteiger partial charge in [-0.1, -0.05) is 31.0 Å². The predicted molar refractivity (Wildman–Crippen MR) is 83.5 cm³/mol. The first kappa shape index (κ1) is 14.7. The Morgan fingerprint density at radius 3 is 2.80 bits per heavy atom. The molecule has 0 amide bonds. The fourth-order valence-corrected chi connectivity index (χ4v) is 3.15. The lowest BCUT2D eigenvalue weighted by atomic mass is 9.86. The average molecular weight is 275 g/mol. The molecule has 1 aromatic rings. The molecule has 20 heavy (non-hydrogen) atoms. The maximum Gasteiger partial charge on any atom is 0.172 e. The number of hydrogen-bond donors (Lipinski definition) is 2. The van der Waals surface area contributed by atoms with Gasteiger partial charge in [0.15, 0.2) is 5.84 Å². The molecule has 0 radical (unpaired) electrons. The summed E-state index contributed by atoms with van der Waals surface area (Å²) in [5.74, 6) is 0.948. The maximum absolute atomic E-state index is 8.96. The van der Waals surface area contributed by atoms with Crippen molar-refractivity contribution in [3.05, 3.63) is 29.3 Å². The van der Waals surface area contributed by atoms with Gasteiger partial charge in [0, 0.05) is 24.3 Å². The van der Waals surface area contributed by atoms with Crippen LogP contribution in [0.5, 0.6) is 0 Å². The third kappa shape index (κ3) is 3.06. The lowest BCUT2D eigenvalue weighted by Crippen LogP contribution is -2.36. The van der Waals surface area contributed by atoms with Crippen molar-refractivity contribution in [1.29, 1.82) is 0 Å². The predicted octanol–water partition coefficient (Wildman–Crippen LogP) is 3.10. The molecule has 0 saturated heterocycles. The largest absolute Gasteiger partial charge is 0.409 e. The van der Waals surface area contributed by atoms with Gasteiger partial charge in [0.2, 0.25) is 0 Å². The van der Waals surface area contributed by atoms with Crippen molar-refractivity contribution in [2.24, 2.45) is 16.8 Å². The Labute approximate surface area is 121 Å². The van der Waals surface area contributed by atoms with Crippen LogP contribution in [-0.2, 0) is 0 Å². The fourth-order valence-electron chi connectivity index (χ4n) is 3.15. The van der Waals surface area contributed by atoms with Crippen LogP contribution >= 0.6 is 0 Å². The average Bonchev–Trinajstić information content (AvgIpc) is 2.45. The van der Waals surface area contributed by atoms with E-state index < -0.39 is 0 Å². The molecule has 0 spiro atoms. The SMILES string of the molecule is Cc1ccc(C(N)=NO)c(N(C)C2CCCC(C)C2)c1. The van der Waals surface area contributed by atoms with Crippen molar-refractivity contribution in [3.63, 3.8) is 0 Å². The molecule has 0 aromatic heterocycles. The number of hydrogen-bond acceptors (Lipinski definition) is 3. The molecule has 0 heterocycles. The van der Waals surface area contributed by atoms with Crippen molar-refractivity contribution in [1.82, 2.24) is 0 Å². The summed E-state index contributed by atoms with van der Waals surface area (Å²) in [6, 6.07) is 6.58. The van der Waals surface area contributed by atoms with E-state index in [9.17, 15) is 0 Å². The zero-order valence-electron chi connectivity index (χ0n) is 12.6. The smallest absolute Gasteiger partial charge is 0.172 e. The van der Waals surface area contributed by atoms with Gasteiger partial charge in [0.1, 0.15) is 0 Å². The Hall–Kier alpha value is -1.71. The maximum atomic E-state index is 8.96. The van der Waals surface area contributed by atoms with Gasteiger partial charge in [-0.2, -0.15) is 0 Å². The first-order valence-corrected chi connectivity index (χ1v) is 7.34. The summed E-state index contributed by atoms with van der Waals surface area (Å²) in [5.41, 5.74) is 8.86. The van der Waals surface area contributed by atoms with E-state index in [1.54, 1.807) is 0 Å². The zero-order chi connectivity index (χ0) is 14.7. The third-order valence-electron chi connectivity index (χ3n) is 4.37. The van der Waals surface area contributed by atoms with Crippen LogP contribution in [0.4, 0.5) is 5.69 Å². The standard InChI is InChI=1S/C16H25N3O/c1-11-5-4-6-13(9-11)19(3)15-10-12(2)7-8-14(15)16(17)18-20/h7-8,10-11,13,20H,4-6,9H2,1-3H3,(H2,17,18). The summed E-state index contributed by atoms with van der Waals surface area (Å²) >= 11 is 0. The van der Waals surface area contributed by atoms with Crippen molar-refractivity contribution < 1.29 is 5.21 Å². The number of anilines is 1. The summed E-state index contributed by atoms with van der Waals surface area (Å²) in [4.78, 5) is 2.30. The fraction of sp³-hybridized carbons (Fsp3) is 0.562. The van der Waals surface area contributed by atoms with Gasteiger partial charge in [0.25, 0.3) is 0 Å². The minimum Gasteiger partial charge on any atom is -0.409 e. The van der Waals surface area contributed by atoms with Crippen LogP contribution in [0.25, 0.3) is 0 Å². The first-order chi connectivity index (χ1) is 9.52. The molecule has 1 fully saturated rings. The second kappa shape index (κ2) is 6.16. The summed E-state index contributed by atoms with van der Waals surface area (Å²) in [5, 5.41) is 12.1. The molecular weight excluding hydrogens is 250 g/mol. The van der Waals surface area contributed by atoms with Crippen LogP contribution in [0.15, 0.2) is 23.4 Å². The Balaban J connectivity index is 2.32. The molecule has 2 atom stereocenters. The van der Waals surface area contributed by atoms with E-state index in [1.807, 2.05) is 12.1 Å². The summed E-state index contributed by atoms with van der Waals surface area (Å²) in [7, 11) is 2.12. The second-order valence-electron chi connectivity index (χ2n) is 6.04. The molecule has 1 saturated carbocycles. The van der Waals surface area contributed by atoms with Gasteiger partial charge in [-0.3, -0.25) is 0 Å². The number of aryl methyl sites for hydroxylation is 1. The number of rotatable bonds is 3. The van der Waals surface area contributed by atoms with Crippen LogP contribution in [-0.4, -0.2) is 24.1 Å². The van der Waals surface area contributed by atoms with Gasteiger partial charge in [-0.15, -0.1) is 0 Å². The highest BCUT2D eigenvalue weighted by molar-refractivity contribution is 6.02. The Morgan fingerprint density at radius 1 is 1.40 bits per heavy atom. The quantitative estimate of drug-likeness (QED) is 0.385.